The maximum absolute atomic E-state index is 11.4. The highest BCUT2D eigenvalue weighted by Gasteiger charge is 2.08. The molecule has 0 saturated heterocycles. The van der Waals surface area contributed by atoms with Gasteiger partial charge < -0.3 is 15.7 Å². The first kappa shape index (κ1) is 12.8. The second-order valence-corrected chi connectivity index (χ2v) is 3.35. The molecule has 0 aliphatic rings. The van der Waals surface area contributed by atoms with Gasteiger partial charge in [0.25, 0.3) is 0 Å². The zero-order valence-electron chi connectivity index (χ0n) is 9.27. The van der Waals surface area contributed by atoms with Gasteiger partial charge in [-0.25, -0.2) is 4.79 Å². The Bertz CT molecular complexity index is 430. The second kappa shape index (κ2) is 6.32. The van der Waals surface area contributed by atoms with Crippen molar-refractivity contribution < 1.29 is 14.7 Å². The molecule has 0 atom stereocenters. The third-order valence-corrected chi connectivity index (χ3v) is 2.01. The number of carbonyl (C=O) groups is 2. The molecule has 17 heavy (non-hydrogen) atoms. The average Bonchev–Trinajstić information content (AvgIpc) is 2.28. The molecule has 0 aliphatic carbocycles. The Kier molecular flexibility index (Phi) is 4.75. The number of amides is 2. The van der Waals surface area contributed by atoms with Crippen LogP contribution in [0.1, 0.15) is 5.56 Å². The van der Waals surface area contributed by atoms with Crippen molar-refractivity contribution in [3.05, 3.63) is 42.5 Å². The minimum atomic E-state index is -0.939. The summed E-state index contributed by atoms with van der Waals surface area (Å²) in [6.45, 7) is 3.83. The summed E-state index contributed by atoms with van der Waals surface area (Å²) in [6, 6.07) is 6.39. The van der Waals surface area contributed by atoms with Crippen LogP contribution in [0, 0.1) is 0 Å². The minimum absolute atomic E-state index is 0.127. The number of hydrogen-bond acceptors (Lipinski definition) is 2. The predicted octanol–water partition coefficient (Wildman–Crippen LogP) is 1.62. The maximum Gasteiger partial charge on any atom is 0.319 e. The summed E-state index contributed by atoms with van der Waals surface area (Å²) in [5.41, 5.74) is 1.06. The van der Waals surface area contributed by atoms with Gasteiger partial charge in [0.15, 0.2) is 0 Å². The van der Waals surface area contributed by atoms with Crippen molar-refractivity contribution in [3.8, 4) is 0 Å². The summed E-state index contributed by atoms with van der Waals surface area (Å²) in [6.07, 6.45) is 1.43. The lowest BCUT2D eigenvalue weighted by Crippen LogP contribution is -2.29. The Morgan fingerprint density at radius 1 is 1.35 bits per heavy atom. The molecule has 5 nitrogen and oxygen atoms in total. The molecule has 1 aromatic carbocycles. The summed E-state index contributed by atoms with van der Waals surface area (Å²) < 4.78 is 0. The molecule has 3 N–H and O–H groups in total. The standard InChI is InChI=1S/C12H14N2O3/c1-2-7-13-12(17)14-10-6-4-3-5-9(10)8-11(15)16/h2-6H,1,7-8H2,(H,15,16)(H2,13,14,17). The largest absolute Gasteiger partial charge is 0.481 e. The average molecular weight is 234 g/mol. The summed E-state index contributed by atoms with van der Waals surface area (Å²) >= 11 is 0. The van der Waals surface area contributed by atoms with E-state index in [1.54, 1.807) is 30.3 Å². The lowest BCUT2D eigenvalue weighted by atomic mass is 10.1. The number of rotatable bonds is 5. The monoisotopic (exact) mass is 234 g/mol. The highest BCUT2D eigenvalue weighted by molar-refractivity contribution is 5.91. The number of hydrogen-bond donors (Lipinski definition) is 3. The molecule has 2 amide bonds. The van der Waals surface area contributed by atoms with Crippen molar-refractivity contribution in [1.29, 1.82) is 0 Å². The second-order valence-electron chi connectivity index (χ2n) is 3.35. The van der Waals surface area contributed by atoms with Crippen LogP contribution in [0.3, 0.4) is 0 Å². The molecule has 0 aliphatic heterocycles. The normalized spacial score (nSPS) is 9.41. The van der Waals surface area contributed by atoms with Crippen molar-refractivity contribution in [2.24, 2.45) is 0 Å². The Balaban J connectivity index is 2.72. The van der Waals surface area contributed by atoms with Crippen LogP contribution in [-0.4, -0.2) is 23.7 Å². The van der Waals surface area contributed by atoms with Crippen LogP contribution >= 0.6 is 0 Å². The Morgan fingerprint density at radius 2 is 2.06 bits per heavy atom. The topological polar surface area (TPSA) is 78.4 Å². The fraction of sp³-hybridized carbons (Fsp3) is 0.167. The number of urea groups is 1. The van der Waals surface area contributed by atoms with E-state index in [9.17, 15) is 9.59 Å². The lowest BCUT2D eigenvalue weighted by Gasteiger charge is -2.09. The summed E-state index contributed by atoms with van der Waals surface area (Å²) in [7, 11) is 0. The molecule has 0 saturated carbocycles. The number of carboxylic acid groups (broad SMARTS) is 1. The highest BCUT2D eigenvalue weighted by atomic mass is 16.4. The van der Waals surface area contributed by atoms with E-state index >= 15 is 0 Å². The zero-order chi connectivity index (χ0) is 12.7. The van der Waals surface area contributed by atoms with Gasteiger partial charge in [-0.15, -0.1) is 6.58 Å². The highest BCUT2D eigenvalue weighted by Crippen LogP contribution is 2.15. The van der Waals surface area contributed by atoms with E-state index in [0.29, 0.717) is 17.8 Å². The van der Waals surface area contributed by atoms with Crippen LogP contribution in [0.25, 0.3) is 0 Å². The van der Waals surface area contributed by atoms with Gasteiger partial charge in [0.05, 0.1) is 6.42 Å². The maximum atomic E-state index is 11.4. The number of benzene rings is 1. The fourth-order valence-electron chi connectivity index (χ4n) is 1.29. The van der Waals surface area contributed by atoms with Crippen molar-refractivity contribution in [2.75, 3.05) is 11.9 Å². The summed E-state index contributed by atoms with van der Waals surface area (Å²) in [5, 5.41) is 13.9. The van der Waals surface area contributed by atoms with E-state index in [2.05, 4.69) is 17.2 Å². The van der Waals surface area contributed by atoms with E-state index in [1.165, 1.54) is 0 Å². The number of nitrogens with one attached hydrogen (secondary N) is 2. The van der Waals surface area contributed by atoms with Gasteiger partial charge >= 0.3 is 12.0 Å². The number of anilines is 1. The predicted molar refractivity (Wildman–Crippen MR) is 65.0 cm³/mol. The van der Waals surface area contributed by atoms with Gasteiger partial charge in [-0.05, 0) is 11.6 Å². The minimum Gasteiger partial charge on any atom is -0.481 e. The first-order valence-corrected chi connectivity index (χ1v) is 5.09. The molecule has 0 spiro atoms. The molecule has 0 fully saturated rings. The fourth-order valence-corrected chi connectivity index (χ4v) is 1.29. The Labute approximate surface area is 99.1 Å². The van der Waals surface area contributed by atoms with E-state index in [0.717, 1.165) is 0 Å². The van der Waals surface area contributed by atoms with Gasteiger partial charge in [0.2, 0.25) is 0 Å². The molecule has 0 aromatic heterocycles. The lowest BCUT2D eigenvalue weighted by molar-refractivity contribution is -0.136. The zero-order valence-corrected chi connectivity index (χ0v) is 9.27. The molecule has 1 rings (SSSR count). The molecule has 0 heterocycles. The molecule has 90 valence electrons. The smallest absolute Gasteiger partial charge is 0.319 e. The molecule has 5 heteroatoms. The first-order valence-electron chi connectivity index (χ1n) is 5.09. The summed E-state index contributed by atoms with van der Waals surface area (Å²) in [5.74, 6) is -0.939. The van der Waals surface area contributed by atoms with E-state index in [-0.39, 0.29) is 12.5 Å². The Hall–Kier alpha value is -2.30. The van der Waals surface area contributed by atoms with Crippen LogP contribution in [-0.2, 0) is 11.2 Å². The molecule has 0 bridgehead atoms. The molecule has 0 unspecified atom stereocenters. The summed E-state index contributed by atoms with van der Waals surface area (Å²) in [4.78, 5) is 22.0. The van der Waals surface area contributed by atoms with Gasteiger partial charge in [0.1, 0.15) is 0 Å². The molecule has 0 radical (unpaired) electrons. The van der Waals surface area contributed by atoms with Crippen LogP contribution in [0.5, 0.6) is 0 Å². The van der Waals surface area contributed by atoms with E-state index in [1.807, 2.05) is 0 Å². The van der Waals surface area contributed by atoms with Crippen LogP contribution < -0.4 is 10.6 Å². The van der Waals surface area contributed by atoms with E-state index in [4.69, 9.17) is 5.11 Å². The van der Waals surface area contributed by atoms with Crippen molar-refractivity contribution >= 4 is 17.7 Å². The first-order chi connectivity index (χ1) is 8.13. The van der Waals surface area contributed by atoms with Crippen LogP contribution in [0.2, 0.25) is 0 Å². The molecular weight excluding hydrogens is 220 g/mol. The van der Waals surface area contributed by atoms with Crippen LogP contribution in [0.4, 0.5) is 10.5 Å². The number of carboxylic acids is 1. The number of para-hydroxylation sites is 1. The SMILES string of the molecule is C=CCNC(=O)Nc1ccccc1CC(=O)O. The third-order valence-electron chi connectivity index (χ3n) is 2.01. The van der Waals surface area contributed by atoms with E-state index < -0.39 is 5.97 Å². The van der Waals surface area contributed by atoms with Crippen molar-refractivity contribution in [2.45, 2.75) is 6.42 Å². The van der Waals surface area contributed by atoms with Crippen LogP contribution in [0.15, 0.2) is 36.9 Å². The van der Waals surface area contributed by atoms with Gasteiger partial charge in [-0.2, -0.15) is 0 Å². The Morgan fingerprint density at radius 3 is 2.71 bits per heavy atom. The van der Waals surface area contributed by atoms with Gasteiger partial charge in [-0.1, -0.05) is 24.3 Å². The van der Waals surface area contributed by atoms with Crippen molar-refractivity contribution in [3.63, 3.8) is 0 Å². The number of carbonyl (C=O) groups excluding carboxylic acids is 1. The van der Waals surface area contributed by atoms with Crippen molar-refractivity contribution in [1.82, 2.24) is 5.32 Å². The van der Waals surface area contributed by atoms with Gasteiger partial charge in [0, 0.05) is 12.2 Å². The quantitative estimate of drug-likeness (QED) is 0.677. The number of aliphatic carboxylic acids is 1. The van der Waals surface area contributed by atoms with Gasteiger partial charge in [-0.3, -0.25) is 4.79 Å². The molecule has 1 aromatic rings. The molecular formula is C12H14N2O3. The third kappa shape index (κ3) is 4.38.